The lowest BCUT2D eigenvalue weighted by molar-refractivity contribution is -0.144. The van der Waals surface area contributed by atoms with Crippen molar-refractivity contribution in [2.24, 2.45) is 0 Å². The summed E-state index contributed by atoms with van der Waals surface area (Å²) in [7, 11) is -3.51. The molecule has 0 aromatic heterocycles. The van der Waals surface area contributed by atoms with Crippen molar-refractivity contribution in [3.63, 3.8) is 0 Å². The third-order valence-electron chi connectivity index (χ3n) is 6.87. The molecule has 2 aliphatic rings. The first-order valence-corrected chi connectivity index (χ1v) is 14.0. The van der Waals surface area contributed by atoms with Gasteiger partial charge in [-0.05, 0) is 80.9 Å². The van der Waals surface area contributed by atoms with E-state index in [1.165, 1.54) is 42.5 Å². The molecule has 0 saturated carbocycles. The quantitative estimate of drug-likeness (QED) is 0.367. The van der Waals surface area contributed by atoms with Crippen molar-refractivity contribution in [1.82, 2.24) is 10.2 Å². The van der Waals surface area contributed by atoms with Gasteiger partial charge in [-0.2, -0.15) is 10.6 Å². The van der Waals surface area contributed by atoms with Crippen LogP contribution in [0.15, 0.2) is 47.4 Å². The lowest BCUT2D eigenvalue weighted by Gasteiger charge is -2.31. The smallest absolute Gasteiger partial charge is 0.296 e. The van der Waals surface area contributed by atoms with E-state index in [0.29, 0.717) is 6.42 Å². The molecule has 1 heterocycles. The predicted molar refractivity (Wildman–Crippen MR) is 137 cm³/mol. The third kappa shape index (κ3) is 6.38. The fourth-order valence-electron chi connectivity index (χ4n) is 4.93. The highest BCUT2D eigenvalue weighted by molar-refractivity contribution is 8.25. The average molecular weight is 499 g/mol. The second-order valence-electron chi connectivity index (χ2n) is 9.66. The van der Waals surface area contributed by atoms with Crippen LogP contribution in [0.2, 0.25) is 0 Å². The van der Waals surface area contributed by atoms with Crippen LogP contribution in [-0.2, 0) is 27.3 Å². The molecule has 0 unspecified atom stereocenters. The van der Waals surface area contributed by atoms with E-state index in [9.17, 15) is 23.5 Å². The van der Waals surface area contributed by atoms with Crippen molar-refractivity contribution in [3.8, 4) is 0 Å². The summed E-state index contributed by atoms with van der Waals surface area (Å²) in [5, 5.41) is 2.72. The molecule has 2 aromatic carbocycles. The van der Waals surface area contributed by atoms with Gasteiger partial charge in [-0.3, -0.25) is 28.4 Å². The van der Waals surface area contributed by atoms with Gasteiger partial charge >= 0.3 is 0 Å². The maximum Gasteiger partial charge on any atom is 0.296 e. The van der Waals surface area contributed by atoms with E-state index in [2.05, 4.69) is 22.3 Å². The van der Waals surface area contributed by atoms with Crippen LogP contribution in [-0.4, -0.2) is 50.3 Å². The summed E-state index contributed by atoms with van der Waals surface area (Å²) in [5.74, 6) is -4.14. The van der Waals surface area contributed by atoms with Crippen LogP contribution in [0.1, 0.15) is 60.4 Å². The minimum Gasteiger partial charge on any atom is -0.342 e. The number of aryl methyl sites for hydroxylation is 2. The molecule has 1 atom stereocenters. The highest BCUT2D eigenvalue weighted by atomic mass is 32.3. The Morgan fingerprint density at radius 1 is 1.00 bits per heavy atom. The van der Waals surface area contributed by atoms with Gasteiger partial charge < -0.3 is 5.32 Å². The number of hydrogen-bond acceptors (Lipinski definition) is 6. The highest BCUT2D eigenvalue weighted by Crippen LogP contribution is 2.47. The number of amides is 1. The number of hydrogen-bond donors (Lipinski definition) is 3. The molecule has 1 aliphatic carbocycles. The Morgan fingerprint density at radius 2 is 1.71 bits per heavy atom. The largest absolute Gasteiger partial charge is 0.342 e. The van der Waals surface area contributed by atoms with Gasteiger partial charge in [0.25, 0.3) is 11.7 Å². The maximum atomic E-state index is 12.6. The summed E-state index contributed by atoms with van der Waals surface area (Å²) in [6.07, 6.45) is 6.26. The normalized spacial score (nSPS) is 19.0. The first-order chi connectivity index (χ1) is 16.7. The van der Waals surface area contributed by atoms with E-state index < -0.39 is 33.8 Å². The summed E-state index contributed by atoms with van der Waals surface area (Å²) < 4.78 is 20.8. The Morgan fingerprint density at radius 3 is 2.43 bits per heavy atom. The fourth-order valence-corrected chi connectivity index (χ4v) is 6.17. The van der Waals surface area contributed by atoms with E-state index in [1.54, 1.807) is 12.1 Å². The molecule has 3 N–H and O–H groups in total. The average Bonchev–Trinajstić information content (AvgIpc) is 2.84. The summed E-state index contributed by atoms with van der Waals surface area (Å²) in [6.45, 7) is 5.03. The van der Waals surface area contributed by atoms with Crippen LogP contribution in [0.4, 0.5) is 0 Å². The van der Waals surface area contributed by atoms with Crippen LogP contribution < -0.4 is 5.32 Å². The number of benzene rings is 2. The third-order valence-corrected chi connectivity index (χ3v) is 8.56. The molecule has 4 rings (SSSR count). The minimum absolute atomic E-state index is 0.172. The number of carbonyl (C=O) groups is 3. The lowest BCUT2D eigenvalue weighted by atomic mass is 9.86. The van der Waals surface area contributed by atoms with Crippen molar-refractivity contribution in [1.29, 1.82) is 0 Å². The molecule has 1 saturated heterocycles. The Kier molecular flexibility index (Phi) is 8.06. The van der Waals surface area contributed by atoms with Crippen LogP contribution in [0.3, 0.4) is 0 Å². The van der Waals surface area contributed by atoms with Gasteiger partial charge in [0.15, 0.2) is 0 Å². The van der Waals surface area contributed by atoms with E-state index >= 15 is 0 Å². The van der Waals surface area contributed by atoms with Gasteiger partial charge in [-0.15, -0.1) is 0 Å². The van der Waals surface area contributed by atoms with Crippen molar-refractivity contribution in [3.05, 3.63) is 64.7 Å². The van der Waals surface area contributed by atoms with Crippen molar-refractivity contribution >= 4 is 28.1 Å². The number of ketones is 2. The molecule has 0 bridgehead atoms. The number of Topliss-reactive ketones (excluding diaryl/α,β-unsaturated/α-hetero) is 2. The second-order valence-corrected chi connectivity index (χ2v) is 11.8. The topological polar surface area (TPSA) is 107 Å². The molecule has 8 heteroatoms. The molecule has 0 spiro atoms. The number of rotatable bonds is 8. The van der Waals surface area contributed by atoms with Gasteiger partial charge in [-0.1, -0.05) is 42.3 Å². The van der Waals surface area contributed by atoms with Gasteiger partial charge in [-0.25, -0.2) is 0 Å². The highest BCUT2D eigenvalue weighted by Gasteiger charge is 2.31. The van der Waals surface area contributed by atoms with Crippen LogP contribution >= 0.6 is 10.6 Å². The van der Waals surface area contributed by atoms with E-state index in [0.717, 1.165) is 43.6 Å². The Balaban J connectivity index is 1.38. The summed E-state index contributed by atoms with van der Waals surface area (Å²) >= 11 is 0. The van der Waals surface area contributed by atoms with Crippen molar-refractivity contribution in [2.75, 3.05) is 18.8 Å². The monoisotopic (exact) mass is 498 g/mol. The Bertz CT molecular complexity index is 1090. The maximum absolute atomic E-state index is 12.6. The molecule has 188 valence electrons. The molecular weight excluding hydrogens is 464 g/mol. The lowest BCUT2D eigenvalue weighted by Crippen LogP contribution is -2.40. The summed E-state index contributed by atoms with van der Waals surface area (Å²) in [4.78, 5) is 40.2. The number of carbonyl (C=O) groups excluding carboxylic acids is 3. The molecule has 1 amide bonds. The molecule has 1 fully saturated rings. The summed E-state index contributed by atoms with van der Waals surface area (Å²) in [6, 6.07) is 12.4. The van der Waals surface area contributed by atoms with E-state index in [-0.39, 0.29) is 10.9 Å². The molecule has 0 radical (unpaired) electrons. The van der Waals surface area contributed by atoms with E-state index in [4.69, 9.17) is 0 Å². The molecule has 1 aliphatic heterocycles. The zero-order chi connectivity index (χ0) is 25.0. The SMILES string of the molecule is Cc1ccc(S(O)(O)CC(=O)C(=O)C(=O)N[C@@H]2CCCc3cc(CN4CCCCC4)ccc32)cc1. The number of likely N-dealkylation sites (tertiary alicyclic amines) is 1. The zero-order valence-corrected chi connectivity index (χ0v) is 21.0. The first kappa shape index (κ1) is 25.6. The molecule has 7 nitrogen and oxygen atoms in total. The molecule has 35 heavy (non-hydrogen) atoms. The minimum atomic E-state index is -3.51. The second kappa shape index (κ2) is 11.0. The van der Waals surface area contributed by atoms with Gasteiger partial charge in [0, 0.05) is 6.54 Å². The fraction of sp³-hybridized carbons (Fsp3) is 0.444. The number of piperidine rings is 1. The van der Waals surface area contributed by atoms with E-state index in [1.807, 2.05) is 13.0 Å². The van der Waals surface area contributed by atoms with Gasteiger partial charge in [0.2, 0.25) is 5.78 Å². The number of nitrogens with zero attached hydrogens (tertiary/aromatic N) is 1. The number of fused-ring (bicyclic) bond motifs is 1. The van der Waals surface area contributed by atoms with Gasteiger partial charge in [0.05, 0.1) is 10.9 Å². The predicted octanol–water partition coefficient (Wildman–Crippen LogP) is 4.42. The van der Waals surface area contributed by atoms with Crippen LogP contribution in [0.25, 0.3) is 0 Å². The summed E-state index contributed by atoms with van der Waals surface area (Å²) in [5.41, 5.74) is 4.34. The van der Waals surface area contributed by atoms with Crippen molar-refractivity contribution in [2.45, 2.75) is 62.9 Å². The molecule has 2 aromatic rings. The zero-order valence-electron chi connectivity index (χ0n) is 20.2. The van der Waals surface area contributed by atoms with Crippen LogP contribution in [0, 0.1) is 6.92 Å². The van der Waals surface area contributed by atoms with Gasteiger partial charge in [0.1, 0.15) is 5.75 Å². The Labute approximate surface area is 208 Å². The number of nitrogens with one attached hydrogen (secondary N) is 1. The van der Waals surface area contributed by atoms with Crippen LogP contribution in [0.5, 0.6) is 0 Å². The standard InChI is InChI=1S/C27H34N2O5S/c1-19-8-11-22(12-9-19)35(33,34)18-25(30)26(31)27(32)28-24-7-5-6-21-16-20(10-13-23(21)24)17-29-14-3-2-4-15-29/h8-13,16,24,33-34H,2-7,14-15,17-18H2,1H3,(H,28,32)/t24-/m1/s1. The van der Waals surface area contributed by atoms with Crippen molar-refractivity contribution < 1.29 is 23.5 Å². The molecular formula is C27H34N2O5S. The Hall–Kier alpha value is -2.52. The first-order valence-electron chi connectivity index (χ1n) is 12.3.